The van der Waals surface area contributed by atoms with E-state index in [1.807, 2.05) is 24.9 Å². The van der Waals surface area contributed by atoms with Gasteiger partial charge in [-0.05, 0) is 0 Å². The van der Waals surface area contributed by atoms with Gasteiger partial charge in [0.15, 0.2) is 0 Å². The first-order valence-electron chi connectivity index (χ1n) is 7.12. The van der Waals surface area contributed by atoms with Crippen molar-refractivity contribution in [3.8, 4) is 0 Å². The summed E-state index contributed by atoms with van der Waals surface area (Å²) in [5, 5.41) is 4.04. The smallest absolute Gasteiger partial charge is 0.227 e. The molecule has 2 aromatic rings. The topological polar surface area (TPSA) is 76.8 Å². The quantitative estimate of drug-likeness (QED) is 0.831. The molecule has 0 spiro atoms. The van der Waals surface area contributed by atoms with E-state index in [9.17, 15) is 4.79 Å². The first-order chi connectivity index (χ1) is 10.2. The molecule has 2 aromatic heterocycles. The summed E-state index contributed by atoms with van der Waals surface area (Å²) in [5.74, 6) is 0.805. The average Bonchev–Trinajstić information content (AvgIpc) is 3.14. The minimum atomic E-state index is -0.139. The van der Waals surface area contributed by atoms with Crippen LogP contribution in [0.4, 0.5) is 0 Å². The van der Waals surface area contributed by atoms with E-state index >= 15 is 0 Å². The Labute approximate surface area is 123 Å². The van der Waals surface area contributed by atoms with Gasteiger partial charge in [0.25, 0.3) is 0 Å². The van der Waals surface area contributed by atoms with E-state index in [0.717, 1.165) is 23.5 Å². The van der Waals surface area contributed by atoms with Crippen LogP contribution in [0.1, 0.15) is 30.9 Å². The average molecular weight is 286 g/mol. The summed E-state index contributed by atoms with van der Waals surface area (Å²) < 4.78 is 1.68. The van der Waals surface area contributed by atoms with E-state index < -0.39 is 0 Å². The molecule has 0 aliphatic carbocycles. The van der Waals surface area contributed by atoms with Gasteiger partial charge in [0.2, 0.25) is 5.91 Å². The Hall–Kier alpha value is -2.31. The largest absolute Gasteiger partial charge is 0.332 e. The molecule has 0 aromatic carbocycles. The van der Waals surface area contributed by atoms with E-state index in [1.165, 1.54) is 6.33 Å². The van der Waals surface area contributed by atoms with Crippen molar-refractivity contribution >= 4 is 5.91 Å². The fraction of sp³-hybridized carbons (Fsp3) is 0.500. The Bertz CT molecular complexity index is 639. The van der Waals surface area contributed by atoms with Gasteiger partial charge in [0.05, 0.1) is 24.7 Å². The Morgan fingerprint density at radius 2 is 2.29 bits per heavy atom. The highest BCUT2D eigenvalue weighted by molar-refractivity contribution is 5.79. The molecule has 3 rings (SSSR count). The van der Waals surface area contributed by atoms with Crippen molar-refractivity contribution < 1.29 is 4.79 Å². The molecule has 0 bridgehead atoms. The van der Waals surface area contributed by atoms with E-state index in [4.69, 9.17) is 0 Å². The molecule has 0 radical (unpaired) electrons. The molecule has 21 heavy (non-hydrogen) atoms. The predicted octanol–water partition coefficient (Wildman–Crippen LogP) is 0.809. The summed E-state index contributed by atoms with van der Waals surface area (Å²) in [7, 11) is 0. The van der Waals surface area contributed by atoms with Crippen LogP contribution < -0.4 is 0 Å². The highest BCUT2D eigenvalue weighted by Crippen LogP contribution is 2.22. The number of rotatable bonds is 4. The Balaban J connectivity index is 1.67. The molecule has 0 saturated heterocycles. The summed E-state index contributed by atoms with van der Waals surface area (Å²) in [6.07, 6.45) is 5.76. The van der Waals surface area contributed by atoms with E-state index in [-0.39, 0.29) is 11.8 Å². The molecule has 0 saturated carbocycles. The summed E-state index contributed by atoms with van der Waals surface area (Å²) in [4.78, 5) is 27.0. The monoisotopic (exact) mass is 286 g/mol. The highest BCUT2D eigenvalue weighted by atomic mass is 16.2. The second-order valence-corrected chi connectivity index (χ2v) is 5.32. The lowest BCUT2D eigenvalue weighted by Crippen LogP contribution is -2.32. The molecule has 0 unspecified atom stereocenters. The minimum Gasteiger partial charge on any atom is -0.332 e. The van der Waals surface area contributed by atoms with Crippen LogP contribution in [-0.2, 0) is 30.8 Å². The molecule has 7 heteroatoms. The maximum atomic E-state index is 12.5. The van der Waals surface area contributed by atoms with Crippen LogP contribution >= 0.6 is 0 Å². The van der Waals surface area contributed by atoms with Crippen LogP contribution in [0.5, 0.6) is 0 Å². The molecule has 7 nitrogen and oxygen atoms in total. The van der Waals surface area contributed by atoms with Gasteiger partial charge in [-0.15, -0.1) is 0 Å². The number of carbonyl (C=O) groups is 1. The summed E-state index contributed by atoms with van der Waals surface area (Å²) in [6, 6.07) is 0. The molecule has 0 fully saturated rings. The van der Waals surface area contributed by atoms with Gasteiger partial charge in [-0.3, -0.25) is 9.48 Å². The zero-order chi connectivity index (χ0) is 14.8. The molecule has 1 atom stereocenters. The van der Waals surface area contributed by atoms with Gasteiger partial charge in [-0.25, -0.2) is 15.0 Å². The standard InChI is InChI=1S/C14H18N6O/c1-3-13-16-4-11-6-19(7-12(11)18-13)14(21)10(2)5-20-9-15-8-17-20/h4,8-10H,3,5-7H2,1-2H3/t10-/m1/s1. The first kappa shape index (κ1) is 13.7. The lowest BCUT2D eigenvalue weighted by Gasteiger charge is -2.19. The van der Waals surface area contributed by atoms with Crippen molar-refractivity contribution in [3.05, 3.63) is 35.9 Å². The van der Waals surface area contributed by atoms with Gasteiger partial charge in [0, 0.05) is 24.7 Å². The molecule has 1 aliphatic heterocycles. The molecular weight excluding hydrogens is 268 g/mol. The summed E-state index contributed by atoms with van der Waals surface area (Å²) in [6.45, 7) is 5.65. The molecule has 3 heterocycles. The van der Waals surface area contributed by atoms with E-state index in [2.05, 4.69) is 20.1 Å². The maximum Gasteiger partial charge on any atom is 0.227 e. The zero-order valence-corrected chi connectivity index (χ0v) is 12.2. The van der Waals surface area contributed by atoms with Crippen LogP contribution in [0.2, 0.25) is 0 Å². The number of aromatic nitrogens is 5. The van der Waals surface area contributed by atoms with Gasteiger partial charge >= 0.3 is 0 Å². The fourth-order valence-electron chi connectivity index (χ4n) is 2.52. The number of hydrogen-bond donors (Lipinski definition) is 0. The summed E-state index contributed by atoms with van der Waals surface area (Å²) >= 11 is 0. The number of hydrogen-bond acceptors (Lipinski definition) is 5. The van der Waals surface area contributed by atoms with Crippen molar-refractivity contribution in [3.63, 3.8) is 0 Å². The summed E-state index contributed by atoms with van der Waals surface area (Å²) in [5.41, 5.74) is 2.02. The lowest BCUT2D eigenvalue weighted by molar-refractivity contribution is -0.136. The predicted molar refractivity (Wildman–Crippen MR) is 74.9 cm³/mol. The zero-order valence-electron chi connectivity index (χ0n) is 12.2. The first-order valence-corrected chi connectivity index (χ1v) is 7.12. The third-order valence-corrected chi connectivity index (χ3v) is 3.68. The third-order valence-electron chi connectivity index (χ3n) is 3.68. The van der Waals surface area contributed by atoms with Crippen molar-refractivity contribution in [2.45, 2.75) is 39.9 Å². The number of nitrogens with zero attached hydrogens (tertiary/aromatic N) is 6. The number of amides is 1. The fourth-order valence-corrected chi connectivity index (χ4v) is 2.52. The van der Waals surface area contributed by atoms with E-state index in [0.29, 0.717) is 19.6 Å². The van der Waals surface area contributed by atoms with Crippen molar-refractivity contribution in [2.24, 2.45) is 5.92 Å². The van der Waals surface area contributed by atoms with Crippen LogP contribution in [0.15, 0.2) is 18.9 Å². The number of aryl methyl sites for hydroxylation is 1. The van der Waals surface area contributed by atoms with Gasteiger partial charge < -0.3 is 4.90 Å². The minimum absolute atomic E-state index is 0.113. The number of carbonyl (C=O) groups excluding carboxylic acids is 1. The SMILES string of the molecule is CCc1ncc2c(n1)CN(C(=O)[C@H](C)Cn1cncn1)C2. The Morgan fingerprint density at radius 1 is 1.43 bits per heavy atom. The third kappa shape index (κ3) is 2.76. The molecular formula is C14H18N6O. The maximum absolute atomic E-state index is 12.5. The van der Waals surface area contributed by atoms with Crippen molar-refractivity contribution in [1.82, 2.24) is 29.6 Å². The van der Waals surface area contributed by atoms with Gasteiger partial charge in [-0.1, -0.05) is 13.8 Å². The van der Waals surface area contributed by atoms with Crippen LogP contribution in [0.3, 0.4) is 0 Å². The molecule has 0 N–H and O–H groups in total. The Kier molecular flexibility index (Phi) is 3.64. The van der Waals surface area contributed by atoms with Crippen LogP contribution in [0, 0.1) is 5.92 Å². The molecule has 110 valence electrons. The van der Waals surface area contributed by atoms with Gasteiger partial charge in [-0.2, -0.15) is 5.10 Å². The van der Waals surface area contributed by atoms with Crippen LogP contribution in [-0.4, -0.2) is 35.5 Å². The molecule has 1 amide bonds. The highest BCUT2D eigenvalue weighted by Gasteiger charge is 2.28. The van der Waals surface area contributed by atoms with E-state index in [1.54, 1.807) is 11.0 Å². The van der Waals surface area contributed by atoms with Crippen molar-refractivity contribution in [1.29, 1.82) is 0 Å². The lowest BCUT2D eigenvalue weighted by atomic mass is 10.1. The second kappa shape index (κ2) is 5.59. The Morgan fingerprint density at radius 3 is 3.00 bits per heavy atom. The van der Waals surface area contributed by atoms with Gasteiger partial charge in [0.1, 0.15) is 18.5 Å². The number of fused-ring (bicyclic) bond motifs is 1. The second-order valence-electron chi connectivity index (χ2n) is 5.32. The van der Waals surface area contributed by atoms with Crippen LogP contribution in [0.25, 0.3) is 0 Å². The normalized spacial score (nSPS) is 15.0. The van der Waals surface area contributed by atoms with Crippen molar-refractivity contribution in [2.75, 3.05) is 0 Å². The molecule has 1 aliphatic rings.